The second kappa shape index (κ2) is 8.85. The lowest BCUT2D eigenvalue weighted by molar-refractivity contribution is 0.0949. The molecular weight excluding hydrogens is 358 g/mol. The van der Waals surface area contributed by atoms with E-state index in [2.05, 4.69) is 15.3 Å². The molecule has 0 aliphatic heterocycles. The highest BCUT2D eigenvalue weighted by Crippen LogP contribution is 2.38. The van der Waals surface area contributed by atoms with Crippen molar-refractivity contribution in [3.8, 4) is 28.5 Å². The zero-order chi connectivity index (χ0) is 19.9. The Balaban J connectivity index is 1.76. The van der Waals surface area contributed by atoms with Crippen molar-refractivity contribution in [2.45, 2.75) is 6.54 Å². The molecule has 144 valence electrons. The minimum Gasteiger partial charge on any atom is -0.493 e. The van der Waals surface area contributed by atoms with Gasteiger partial charge in [-0.25, -0.2) is 9.97 Å². The topological polar surface area (TPSA) is 82.6 Å². The van der Waals surface area contributed by atoms with Crippen LogP contribution in [-0.4, -0.2) is 37.2 Å². The summed E-state index contributed by atoms with van der Waals surface area (Å²) in [6, 6.07) is 14.8. The third kappa shape index (κ3) is 4.20. The van der Waals surface area contributed by atoms with E-state index in [1.165, 1.54) is 27.7 Å². The number of rotatable bonds is 7. The van der Waals surface area contributed by atoms with Gasteiger partial charge >= 0.3 is 0 Å². The molecule has 0 fully saturated rings. The van der Waals surface area contributed by atoms with Gasteiger partial charge in [-0.3, -0.25) is 4.79 Å². The molecule has 1 heterocycles. The molecule has 0 aliphatic rings. The average molecular weight is 379 g/mol. The quantitative estimate of drug-likeness (QED) is 0.679. The number of nitrogens with one attached hydrogen (secondary N) is 1. The number of amides is 1. The van der Waals surface area contributed by atoms with Crippen LogP contribution in [0.2, 0.25) is 0 Å². The number of aromatic nitrogens is 2. The fraction of sp³-hybridized carbons (Fsp3) is 0.190. The van der Waals surface area contributed by atoms with Crippen LogP contribution in [0.5, 0.6) is 17.2 Å². The summed E-state index contributed by atoms with van der Waals surface area (Å²) in [7, 11) is 4.52. The Bertz CT molecular complexity index is 936. The third-order valence-corrected chi connectivity index (χ3v) is 4.15. The number of methoxy groups -OCH3 is 3. The van der Waals surface area contributed by atoms with Gasteiger partial charge in [0.2, 0.25) is 5.75 Å². The number of carbonyl (C=O) groups is 1. The van der Waals surface area contributed by atoms with Crippen LogP contribution in [0.3, 0.4) is 0 Å². The normalized spacial score (nSPS) is 10.2. The molecule has 1 amide bonds. The van der Waals surface area contributed by atoms with Crippen LogP contribution >= 0.6 is 0 Å². The molecular formula is C21H21N3O4. The van der Waals surface area contributed by atoms with Crippen LogP contribution in [0.15, 0.2) is 54.9 Å². The Hall–Kier alpha value is -3.61. The van der Waals surface area contributed by atoms with Crippen molar-refractivity contribution in [3.63, 3.8) is 0 Å². The second-order valence-electron chi connectivity index (χ2n) is 5.86. The first-order chi connectivity index (χ1) is 13.7. The lowest BCUT2D eigenvalue weighted by Gasteiger charge is -2.14. The van der Waals surface area contributed by atoms with Gasteiger partial charge in [-0.2, -0.15) is 0 Å². The Morgan fingerprint density at radius 3 is 2.21 bits per heavy atom. The van der Waals surface area contributed by atoms with Gasteiger partial charge in [0, 0.05) is 11.1 Å². The predicted octanol–water partition coefficient (Wildman–Crippen LogP) is 3.10. The van der Waals surface area contributed by atoms with Gasteiger partial charge in [0.15, 0.2) is 11.5 Å². The highest BCUT2D eigenvalue weighted by Gasteiger charge is 2.17. The summed E-state index contributed by atoms with van der Waals surface area (Å²) in [4.78, 5) is 21.1. The van der Waals surface area contributed by atoms with Crippen LogP contribution in [0.1, 0.15) is 16.1 Å². The fourth-order valence-corrected chi connectivity index (χ4v) is 2.75. The Morgan fingerprint density at radius 1 is 0.929 bits per heavy atom. The summed E-state index contributed by atoms with van der Waals surface area (Å²) in [6.45, 7) is 0.262. The van der Waals surface area contributed by atoms with Crippen molar-refractivity contribution in [1.82, 2.24) is 15.3 Å². The number of ether oxygens (including phenoxy) is 3. The molecule has 1 aromatic heterocycles. The number of hydrogen-bond donors (Lipinski definition) is 1. The minimum absolute atomic E-state index is 0.262. The van der Waals surface area contributed by atoms with Crippen molar-refractivity contribution in [2.24, 2.45) is 0 Å². The van der Waals surface area contributed by atoms with Crippen molar-refractivity contribution >= 4 is 5.91 Å². The molecule has 7 nitrogen and oxygen atoms in total. The Morgan fingerprint density at radius 2 is 1.61 bits per heavy atom. The van der Waals surface area contributed by atoms with E-state index < -0.39 is 0 Å². The summed E-state index contributed by atoms with van der Waals surface area (Å²) in [6.07, 6.45) is 1.49. The molecule has 0 aliphatic carbocycles. The highest BCUT2D eigenvalue weighted by atomic mass is 16.5. The van der Waals surface area contributed by atoms with E-state index in [1.54, 1.807) is 12.1 Å². The molecule has 28 heavy (non-hydrogen) atoms. The molecule has 0 spiro atoms. The maximum atomic E-state index is 12.6. The number of nitrogens with zero attached hydrogens (tertiary/aromatic N) is 2. The number of carbonyl (C=O) groups excluding carboxylic acids is 1. The summed E-state index contributed by atoms with van der Waals surface area (Å²) in [5, 5.41) is 2.85. The fourth-order valence-electron chi connectivity index (χ4n) is 2.75. The third-order valence-electron chi connectivity index (χ3n) is 4.15. The van der Waals surface area contributed by atoms with E-state index in [-0.39, 0.29) is 12.5 Å². The molecule has 0 bridgehead atoms. The first-order valence-electron chi connectivity index (χ1n) is 8.60. The molecule has 0 atom stereocenters. The summed E-state index contributed by atoms with van der Waals surface area (Å²) in [5.41, 5.74) is 2.89. The highest BCUT2D eigenvalue weighted by molar-refractivity contribution is 5.95. The molecule has 0 saturated carbocycles. The van der Waals surface area contributed by atoms with Crippen LogP contribution in [0, 0.1) is 0 Å². The predicted molar refractivity (Wildman–Crippen MR) is 105 cm³/mol. The van der Waals surface area contributed by atoms with Crippen LogP contribution < -0.4 is 19.5 Å². The maximum Gasteiger partial charge on any atom is 0.251 e. The van der Waals surface area contributed by atoms with E-state index in [4.69, 9.17) is 14.2 Å². The van der Waals surface area contributed by atoms with Crippen LogP contribution in [0.25, 0.3) is 11.3 Å². The van der Waals surface area contributed by atoms with Gasteiger partial charge in [0.1, 0.15) is 6.33 Å². The summed E-state index contributed by atoms with van der Waals surface area (Å²) >= 11 is 0. The minimum atomic E-state index is -0.279. The van der Waals surface area contributed by atoms with Gasteiger partial charge in [-0.05, 0) is 18.2 Å². The molecule has 0 saturated heterocycles. The lowest BCUT2D eigenvalue weighted by atomic mass is 10.1. The number of hydrogen-bond acceptors (Lipinski definition) is 6. The molecule has 0 radical (unpaired) electrons. The molecule has 0 unspecified atom stereocenters. The summed E-state index contributed by atoms with van der Waals surface area (Å²) < 4.78 is 15.9. The molecule has 7 heteroatoms. The van der Waals surface area contributed by atoms with Gasteiger partial charge in [-0.1, -0.05) is 30.3 Å². The van der Waals surface area contributed by atoms with Gasteiger partial charge < -0.3 is 19.5 Å². The van der Waals surface area contributed by atoms with E-state index in [1.807, 2.05) is 36.4 Å². The first-order valence-corrected chi connectivity index (χ1v) is 8.60. The van der Waals surface area contributed by atoms with Crippen LogP contribution in [-0.2, 0) is 6.54 Å². The smallest absolute Gasteiger partial charge is 0.251 e. The van der Waals surface area contributed by atoms with E-state index in [9.17, 15) is 4.79 Å². The Labute approximate surface area is 163 Å². The zero-order valence-electron chi connectivity index (χ0n) is 15.9. The largest absolute Gasteiger partial charge is 0.493 e. The van der Waals surface area contributed by atoms with Crippen LogP contribution in [0.4, 0.5) is 0 Å². The monoisotopic (exact) mass is 379 g/mol. The standard InChI is InChI=1S/C21H21N3O4/c1-26-18-9-15(10-19(27-2)20(18)28-3)21(25)22-12-16-11-17(24-13-23-16)14-7-5-4-6-8-14/h4-11,13H,12H2,1-3H3,(H,22,25). The van der Waals surface area contributed by atoms with Crippen molar-refractivity contribution in [1.29, 1.82) is 0 Å². The SMILES string of the molecule is COc1cc(C(=O)NCc2cc(-c3ccccc3)ncn2)cc(OC)c1OC. The van der Waals surface area contributed by atoms with E-state index in [0.29, 0.717) is 28.5 Å². The van der Waals surface area contributed by atoms with Gasteiger partial charge in [0.25, 0.3) is 5.91 Å². The van der Waals surface area contributed by atoms with Gasteiger partial charge in [-0.15, -0.1) is 0 Å². The van der Waals surface area contributed by atoms with Crippen molar-refractivity contribution in [2.75, 3.05) is 21.3 Å². The molecule has 2 aromatic carbocycles. The van der Waals surface area contributed by atoms with Crippen molar-refractivity contribution < 1.29 is 19.0 Å². The number of benzene rings is 2. The Kier molecular flexibility index (Phi) is 6.06. The van der Waals surface area contributed by atoms with Crippen molar-refractivity contribution in [3.05, 3.63) is 66.1 Å². The van der Waals surface area contributed by atoms with Gasteiger partial charge in [0.05, 0.1) is 39.3 Å². The van der Waals surface area contributed by atoms with E-state index in [0.717, 1.165) is 11.3 Å². The maximum absolute atomic E-state index is 12.6. The van der Waals surface area contributed by atoms with E-state index >= 15 is 0 Å². The molecule has 1 N–H and O–H groups in total. The average Bonchev–Trinajstić information content (AvgIpc) is 2.77. The lowest BCUT2D eigenvalue weighted by Crippen LogP contribution is -2.23. The molecule has 3 aromatic rings. The molecule has 3 rings (SSSR count). The summed E-state index contributed by atoms with van der Waals surface area (Å²) in [5.74, 6) is 0.991. The first kappa shape index (κ1) is 19.2. The second-order valence-corrected chi connectivity index (χ2v) is 5.86. The zero-order valence-corrected chi connectivity index (χ0v) is 15.9.